The molecule has 0 unspecified atom stereocenters. The molecule has 1 N–H and O–H groups in total. The number of nitrogens with zero attached hydrogens (tertiary/aromatic N) is 3. The van der Waals surface area contributed by atoms with Gasteiger partial charge in [0.2, 0.25) is 0 Å². The van der Waals surface area contributed by atoms with E-state index < -0.39 is 0 Å². The van der Waals surface area contributed by atoms with Crippen molar-refractivity contribution in [2.24, 2.45) is 0 Å². The van der Waals surface area contributed by atoms with Crippen molar-refractivity contribution in [2.45, 2.75) is 0 Å². The minimum atomic E-state index is -0.130. The largest absolute Gasteiger partial charge is 0.354 e. The fourth-order valence-electron chi connectivity index (χ4n) is 2.53. The Morgan fingerprint density at radius 3 is 2.65 bits per heavy atom. The van der Waals surface area contributed by atoms with Gasteiger partial charge >= 0.3 is 0 Å². The number of anilines is 2. The fraction of sp³-hybridized carbons (Fsp3) is 0.294. The van der Waals surface area contributed by atoms with Crippen molar-refractivity contribution >= 4 is 33.3 Å². The Kier molecular flexibility index (Phi) is 4.93. The first-order valence-corrected chi connectivity index (χ1v) is 8.38. The minimum Gasteiger partial charge on any atom is -0.354 e. The van der Waals surface area contributed by atoms with E-state index in [0.29, 0.717) is 5.56 Å². The van der Waals surface area contributed by atoms with Crippen molar-refractivity contribution < 1.29 is 4.79 Å². The highest BCUT2D eigenvalue weighted by atomic mass is 79.9. The molecule has 0 atom stereocenters. The van der Waals surface area contributed by atoms with Crippen LogP contribution in [0.1, 0.15) is 10.4 Å². The summed E-state index contributed by atoms with van der Waals surface area (Å²) in [5.74, 6) is 0.729. The van der Waals surface area contributed by atoms with Crippen LogP contribution in [-0.4, -0.2) is 49.0 Å². The molecule has 1 fully saturated rings. The van der Waals surface area contributed by atoms with Gasteiger partial charge in [0.15, 0.2) is 0 Å². The number of halogens is 1. The average molecular weight is 375 g/mol. The summed E-state index contributed by atoms with van der Waals surface area (Å²) >= 11 is 3.44. The first-order valence-electron chi connectivity index (χ1n) is 7.59. The number of pyridine rings is 1. The van der Waals surface area contributed by atoms with Crippen LogP contribution in [0.3, 0.4) is 0 Å². The predicted molar refractivity (Wildman–Crippen MR) is 96.0 cm³/mol. The van der Waals surface area contributed by atoms with Gasteiger partial charge in [-0.25, -0.2) is 4.98 Å². The Morgan fingerprint density at radius 2 is 1.91 bits per heavy atom. The van der Waals surface area contributed by atoms with E-state index in [4.69, 9.17) is 0 Å². The maximum atomic E-state index is 12.5. The lowest BCUT2D eigenvalue weighted by Gasteiger charge is -2.33. The zero-order valence-electron chi connectivity index (χ0n) is 13.0. The van der Waals surface area contributed by atoms with Gasteiger partial charge < -0.3 is 15.1 Å². The summed E-state index contributed by atoms with van der Waals surface area (Å²) in [4.78, 5) is 21.4. The van der Waals surface area contributed by atoms with E-state index in [-0.39, 0.29) is 5.91 Å². The molecule has 6 heteroatoms. The maximum absolute atomic E-state index is 12.5. The number of benzene rings is 1. The molecule has 5 nitrogen and oxygen atoms in total. The second-order valence-corrected chi connectivity index (χ2v) is 6.48. The summed E-state index contributed by atoms with van der Waals surface area (Å²) in [6.07, 6.45) is 1.70. The fourth-order valence-corrected chi connectivity index (χ4v) is 2.91. The third kappa shape index (κ3) is 3.89. The number of piperazine rings is 1. The van der Waals surface area contributed by atoms with Crippen LogP contribution < -0.4 is 10.2 Å². The molecule has 0 bridgehead atoms. The summed E-state index contributed by atoms with van der Waals surface area (Å²) in [6.45, 7) is 3.88. The number of likely N-dealkylation sites (N-methyl/N-ethyl adjacent to an activating group) is 1. The number of carbonyl (C=O) groups excluding carboxylic acids is 1. The van der Waals surface area contributed by atoms with Crippen LogP contribution in [0.4, 0.5) is 11.5 Å². The quantitative estimate of drug-likeness (QED) is 0.897. The lowest BCUT2D eigenvalue weighted by atomic mass is 10.2. The van der Waals surface area contributed by atoms with E-state index in [1.54, 1.807) is 12.3 Å². The average Bonchev–Trinajstić information content (AvgIpc) is 2.58. The number of carbonyl (C=O) groups is 1. The Labute approximate surface area is 144 Å². The summed E-state index contributed by atoms with van der Waals surface area (Å²) in [5.41, 5.74) is 1.38. The SMILES string of the molecule is CN1CCN(c2cc(C(=O)Nc3ccccc3Br)ccn2)CC1. The topological polar surface area (TPSA) is 48.5 Å². The summed E-state index contributed by atoms with van der Waals surface area (Å²) in [6, 6.07) is 11.2. The molecule has 3 rings (SSSR count). The van der Waals surface area contributed by atoms with Gasteiger partial charge in [-0.05, 0) is 47.2 Å². The van der Waals surface area contributed by atoms with Crippen LogP contribution in [0.15, 0.2) is 47.1 Å². The molecule has 1 aliphatic heterocycles. The molecule has 2 aromatic rings. The second-order valence-electron chi connectivity index (χ2n) is 5.63. The Balaban J connectivity index is 1.74. The Bertz CT molecular complexity index is 698. The lowest BCUT2D eigenvalue weighted by Crippen LogP contribution is -2.44. The third-order valence-electron chi connectivity index (χ3n) is 3.96. The van der Waals surface area contributed by atoms with Crippen molar-refractivity contribution in [3.8, 4) is 0 Å². The molecular formula is C17H19BrN4O. The number of hydrogen-bond donors (Lipinski definition) is 1. The first-order chi connectivity index (χ1) is 11.1. The van der Waals surface area contributed by atoms with Crippen LogP contribution in [0, 0.1) is 0 Å². The van der Waals surface area contributed by atoms with Crippen molar-refractivity contribution in [3.05, 3.63) is 52.6 Å². The molecular weight excluding hydrogens is 356 g/mol. The van der Waals surface area contributed by atoms with E-state index >= 15 is 0 Å². The van der Waals surface area contributed by atoms with Crippen LogP contribution in [0.5, 0.6) is 0 Å². The minimum absolute atomic E-state index is 0.130. The van der Waals surface area contributed by atoms with Gasteiger partial charge in [0.05, 0.1) is 5.69 Å². The van der Waals surface area contributed by atoms with Crippen molar-refractivity contribution in [1.29, 1.82) is 0 Å². The number of amides is 1. The Hall–Kier alpha value is -1.92. The van der Waals surface area contributed by atoms with E-state index in [1.807, 2.05) is 30.3 Å². The van der Waals surface area contributed by atoms with Crippen LogP contribution in [-0.2, 0) is 0 Å². The number of hydrogen-bond acceptors (Lipinski definition) is 4. The van der Waals surface area contributed by atoms with Gasteiger partial charge in [-0.2, -0.15) is 0 Å². The molecule has 0 spiro atoms. The molecule has 1 aromatic heterocycles. The molecule has 0 aliphatic carbocycles. The monoisotopic (exact) mass is 374 g/mol. The van der Waals surface area contributed by atoms with Gasteiger partial charge in [-0.1, -0.05) is 12.1 Å². The third-order valence-corrected chi connectivity index (χ3v) is 4.65. The molecule has 2 heterocycles. The van der Waals surface area contributed by atoms with Gasteiger partial charge in [0, 0.05) is 42.4 Å². The van der Waals surface area contributed by atoms with Gasteiger partial charge in [0.1, 0.15) is 5.82 Å². The molecule has 0 radical (unpaired) electrons. The van der Waals surface area contributed by atoms with Gasteiger partial charge in [-0.15, -0.1) is 0 Å². The van der Waals surface area contributed by atoms with Gasteiger partial charge in [-0.3, -0.25) is 4.79 Å². The van der Waals surface area contributed by atoms with E-state index in [0.717, 1.165) is 42.2 Å². The molecule has 1 aromatic carbocycles. The molecule has 120 valence electrons. The Morgan fingerprint density at radius 1 is 1.17 bits per heavy atom. The van der Waals surface area contributed by atoms with Crippen molar-refractivity contribution in [3.63, 3.8) is 0 Å². The van der Waals surface area contributed by atoms with E-state index in [2.05, 4.69) is 43.1 Å². The highest BCUT2D eigenvalue weighted by Crippen LogP contribution is 2.22. The zero-order valence-corrected chi connectivity index (χ0v) is 14.6. The number of para-hydroxylation sites is 1. The van der Waals surface area contributed by atoms with Crippen LogP contribution >= 0.6 is 15.9 Å². The molecule has 0 saturated carbocycles. The first kappa shape index (κ1) is 16.0. The maximum Gasteiger partial charge on any atom is 0.255 e. The second kappa shape index (κ2) is 7.10. The zero-order chi connectivity index (χ0) is 16.2. The van der Waals surface area contributed by atoms with Gasteiger partial charge in [0.25, 0.3) is 5.91 Å². The van der Waals surface area contributed by atoms with E-state index in [9.17, 15) is 4.79 Å². The van der Waals surface area contributed by atoms with E-state index in [1.165, 1.54) is 0 Å². The molecule has 23 heavy (non-hydrogen) atoms. The molecule has 1 amide bonds. The normalized spacial score (nSPS) is 15.5. The number of aromatic nitrogens is 1. The number of rotatable bonds is 3. The molecule has 1 aliphatic rings. The lowest BCUT2D eigenvalue weighted by molar-refractivity contribution is 0.102. The summed E-state index contributed by atoms with van der Waals surface area (Å²) in [7, 11) is 2.12. The summed E-state index contributed by atoms with van der Waals surface area (Å²) < 4.78 is 0.863. The number of nitrogens with one attached hydrogen (secondary N) is 1. The molecule has 1 saturated heterocycles. The summed E-state index contributed by atoms with van der Waals surface area (Å²) in [5, 5.41) is 2.92. The van der Waals surface area contributed by atoms with Crippen molar-refractivity contribution in [2.75, 3.05) is 43.4 Å². The smallest absolute Gasteiger partial charge is 0.255 e. The standard InChI is InChI=1S/C17H19BrN4O/c1-21-8-10-22(11-9-21)16-12-13(6-7-19-16)17(23)20-15-5-3-2-4-14(15)18/h2-7,12H,8-11H2,1H3,(H,20,23). The van der Waals surface area contributed by atoms with Crippen LogP contribution in [0.2, 0.25) is 0 Å². The predicted octanol–water partition coefficient (Wildman–Crippen LogP) is 2.85. The van der Waals surface area contributed by atoms with Crippen molar-refractivity contribution in [1.82, 2.24) is 9.88 Å². The van der Waals surface area contributed by atoms with Crippen LogP contribution in [0.25, 0.3) is 0 Å². The highest BCUT2D eigenvalue weighted by Gasteiger charge is 2.17. The highest BCUT2D eigenvalue weighted by molar-refractivity contribution is 9.10.